The van der Waals surface area contributed by atoms with E-state index in [1.807, 2.05) is 51.4 Å². The van der Waals surface area contributed by atoms with E-state index in [1.165, 1.54) is 0 Å². The van der Waals surface area contributed by atoms with Crippen molar-refractivity contribution in [2.45, 2.75) is 38.5 Å². The fraction of sp³-hybridized carbons (Fsp3) is 0.619. The Morgan fingerprint density at radius 1 is 1.21 bits per heavy atom. The molecular formula is C21H35IN4O2. The van der Waals surface area contributed by atoms with Crippen molar-refractivity contribution in [3.8, 4) is 0 Å². The Balaban J connectivity index is 0.00000392. The van der Waals surface area contributed by atoms with Gasteiger partial charge in [-0.15, -0.1) is 24.0 Å². The maximum Gasteiger partial charge on any atom is 0.230 e. The van der Waals surface area contributed by atoms with Crippen LogP contribution in [0.15, 0.2) is 35.3 Å². The second kappa shape index (κ2) is 12.3. The van der Waals surface area contributed by atoms with E-state index in [2.05, 4.69) is 10.6 Å². The summed E-state index contributed by atoms with van der Waals surface area (Å²) in [7, 11) is 3.64. The van der Waals surface area contributed by atoms with Crippen molar-refractivity contribution in [2.75, 3.05) is 40.3 Å². The van der Waals surface area contributed by atoms with Crippen molar-refractivity contribution in [2.24, 2.45) is 10.4 Å². The number of benzene rings is 1. The molecule has 1 aromatic carbocycles. The number of aliphatic hydroxyl groups excluding tert-OH is 1. The van der Waals surface area contributed by atoms with Crippen LogP contribution in [0.4, 0.5) is 0 Å². The first-order valence-electron chi connectivity index (χ1n) is 9.92. The summed E-state index contributed by atoms with van der Waals surface area (Å²) in [4.78, 5) is 19.1. The van der Waals surface area contributed by atoms with Gasteiger partial charge in [-0.25, -0.2) is 0 Å². The average molecular weight is 502 g/mol. The van der Waals surface area contributed by atoms with E-state index >= 15 is 0 Å². The van der Waals surface area contributed by atoms with Crippen LogP contribution in [0.2, 0.25) is 0 Å². The molecule has 0 aliphatic heterocycles. The third-order valence-electron chi connectivity index (χ3n) is 5.31. The maximum absolute atomic E-state index is 12.7. The molecule has 0 aromatic heterocycles. The van der Waals surface area contributed by atoms with Crippen LogP contribution in [0, 0.1) is 5.41 Å². The zero-order valence-electron chi connectivity index (χ0n) is 17.3. The highest BCUT2D eigenvalue weighted by Crippen LogP contribution is 2.39. The van der Waals surface area contributed by atoms with E-state index in [4.69, 9.17) is 4.99 Å². The highest BCUT2D eigenvalue weighted by atomic mass is 127. The molecule has 0 radical (unpaired) electrons. The predicted octanol–water partition coefficient (Wildman–Crippen LogP) is 2.58. The molecule has 28 heavy (non-hydrogen) atoms. The summed E-state index contributed by atoms with van der Waals surface area (Å²) in [5, 5.41) is 16.3. The lowest BCUT2D eigenvalue weighted by atomic mass is 9.85. The maximum atomic E-state index is 12.7. The largest absolute Gasteiger partial charge is 0.396 e. The lowest BCUT2D eigenvalue weighted by Gasteiger charge is -2.29. The van der Waals surface area contributed by atoms with E-state index in [-0.39, 0.29) is 47.8 Å². The molecule has 158 valence electrons. The minimum atomic E-state index is -0.373. The molecule has 6 nitrogen and oxygen atoms in total. The van der Waals surface area contributed by atoms with Gasteiger partial charge in [-0.2, -0.15) is 0 Å². The molecule has 0 saturated heterocycles. The van der Waals surface area contributed by atoms with Gasteiger partial charge in [0.25, 0.3) is 0 Å². The summed E-state index contributed by atoms with van der Waals surface area (Å²) in [6.07, 6.45) is 3.96. The Hall–Kier alpha value is -1.35. The lowest BCUT2D eigenvalue weighted by Crippen LogP contribution is -2.43. The normalized spacial score (nSPS) is 16.8. The van der Waals surface area contributed by atoms with Crippen molar-refractivity contribution in [1.82, 2.24) is 15.5 Å². The predicted molar refractivity (Wildman–Crippen MR) is 125 cm³/mol. The number of aliphatic hydroxyl groups is 1. The van der Waals surface area contributed by atoms with Crippen LogP contribution in [-0.4, -0.2) is 62.2 Å². The monoisotopic (exact) mass is 502 g/mol. The number of amides is 1. The van der Waals surface area contributed by atoms with Gasteiger partial charge in [-0.1, -0.05) is 43.2 Å². The second-order valence-corrected chi connectivity index (χ2v) is 7.55. The topological polar surface area (TPSA) is 77.0 Å². The van der Waals surface area contributed by atoms with Crippen molar-refractivity contribution in [3.63, 3.8) is 0 Å². The van der Waals surface area contributed by atoms with Crippen molar-refractivity contribution in [1.29, 1.82) is 0 Å². The molecule has 1 amide bonds. The molecule has 3 N–H and O–H groups in total. The third kappa shape index (κ3) is 6.62. The molecule has 0 heterocycles. The number of hydrogen-bond donors (Lipinski definition) is 3. The molecule has 1 aromatic rings. The molecule has 1 atom stereocenters. The molecule has 1 aliphatic rings. The molecule has 0 spiro atoms. The highest BCUT2D eigenvalue weighted by Gasteiger charge is 2.42. The van der Waals surface area contributed by atoms with E-state index in [0.717, 1.165) is 37.8 Å². The number of halogens is 1. The van der Waals surface area contributed by atoms with Crippen LogP contribution in [0.5, 0.6) is 0 Å². The number of carbonyl (C=O) groups is 1. The first-order valence-corrected chi connectivity index (χ1v) is 9.92. The average Bonchev–Trinajstić information content (AvgIpc) is 3.16. The summed E-state index contributed by atoms with van der Waals surface area (Å²) in [5.41, 5.74) is 0.722. The summed E-state index contributed by atoms with van der Waals surface area (Å²) < 4.78 is 0. The summed E-state index contributed by atoms with van der Waals surface area (Å²) in [5.74, 6) is 0.876. The van der Waals surface area contributed by atoms with Crippen LogP contribution in [0.1, 0.15) is 44.1 Å². The summed E-state index contributed by atoms with van der Waals surface area (Å²) in [6, 6.07) is 9.98. The number of nitrogens with zero attached hydrogens (tertiary/aromatic N) is 2. The van der Waals surface area contributed by atoms with Crippen LogP contribution in [0.3, 0.4) is 0 Å². The Bertz CT molecular complexity index is 616. The number of carbonyl (C=O) groups excluding carboxylic acids is 1. The minimum absolute atomic E-state index is 0. The van der Waals surface area contributed by atoms with E-state index in [1.54, 1.807) is 4.90 Å². The van der Waals surface area contributed by atoms with Crippen LogP contribution >= 0.6 is 24.0 Å². The van der Waals surface area contributed by atoms with Gasteiger partial charge in [-0.05, 0) is 25.3 Å². The highest BCUT2D eigenvalue weighted by molar-refractivity contribution is 14.0. The van der Waals surface area contributed by atoms with Crippen LogP contribution in [-0.2, 0) is 4.79 Å². The van der Waals surface area contributed by atoms with Gasteiger partial charge in [0.15, 0.2) is 5.96 Å². The number of aliphatic imine (C=N–C) groups is 1. The molecular weight excluding hydrogens is 467 g/mol. The molecule has 7 heteroatoms. The molecule has 1 saturated carbocycles. The smallest absolute Gasteiger partial charge is 0.230 e. The van der Waals surface area contributed by atoms with Gasteiger partial charge in [0, 0.05) is 33.1 Å². The fourth-order valence-electron chi connectivity index (χ4n) is 3.77. The zero-order chi connectivity index (χ0) is 19.7. The van der Waals surface area contributed by atoms with Crippen molar-refractivity contribution < 1.29 is 9.90 Å². The number of rotatable bonds is 8. The molecule has 0 bridgehead atoms. The quantitative estimate of drug-likeness (QED) is 0.290. The van der Waals surface area contributed by atoms with Gasteiger partial charge in [0.2, 0.25) is 5.91 Å². The standard InChI is InChI=1S/C21H34N4O2.HI/c1-4-22-20(23-14-18(15-26)17-10-6-5-7-11-17)24-16-21(12-8-9-13-21)19(27)25(2)3;/h5-7,10-11,18,26H,4,8-9,12-16H2,1-3H3,(H2,22,23,24);1H. The summed E-state index contributed by atoms with van der Waals surface area (Å²) in [6.45, 7) is 3.92. The first-order chi connectivity index (χ1) is 13.0. The van der Waals surface area contributed by atoms with Gasteiger partial charge >= 0.3 is 0 Å². The number of guanidine groups is 1. The van der Waals surface area contributed by atoms with Crippen molar-refractivity contribution >= 4 is 35.8 Å². The number of hydrogen-bond acceptors (Lipinski definition) is 3. The fourth-order valence-corrected chi connectivity index (χ4v) is 3.77. The Morgan fingerprint density at radius 2 is 1.86 bits per heavy atom. The summed E-state index contributed by atoms with van der Waals surface area (Å²) >= 11 is 0. The van der Waals surface area contributed by atoms with E-state index in [9.17, 15) is 9.90 Å². The minimum Gasteiger partial charge on any atom is -0.396 e. The number of nitrogens with one attached hydrogen (secondary N) is 2. The second-order valence-electron chi connectivity index (χ2n) is 7.55. The van der Waals surface area contributed by atoms with Gasteiger partial charge in [0.1, 0.15) is 0 Å². The van der Waals surface area contributed by atoms with Crippen molar-refractivity contribution in [3.05, 3.63) is 35.9 Å². The Morgan fingerprint density at radius 3 is 2.39 bits per heavy atom. The van der Waals surface area contributed by atoms with Crippen LogP contribution < -0.4 is 10.6 Å². The van der Waals surface area contributed by atoms with E-state index < -0.39 is 0 Å². The third-order valence-corrected chi connectivity index (χ3v) is 5.31. The van der Waals surface area contributed by atoms with Gasteiger partial charge in [-0.3, -0.25) is 9.79 Å². The van der Waals surface area contributed by atoms with Crippen LogP contribution in [0.25, 0.3) is 0 Å². The lowest BCUT2D eigenvalue weighted by molar-refractivity contribution is -0.138. The molecule has 1 fully saturated rings. The molecule has 1 aliphatic carbocycles. The first kappa shape index (κ1) is 24.7. The molecule has 1 unspecified atom stereocenters. The van der Waals surface area contributed by atoms with E-state index in [0.29, 0.717) is 19.0 Å². The Labute approximate surface area is 186 Å². The van der Waals surface area contributed by atoms with Gasteiger partial charge < -0.3 is 20.6 Å². The SMILES string of the molecule is CCNC(=NCC1(C(=O)N(C)C)CCCC1)NCC(CO)c1ccccc1.I. The Kier molecular flexibility index (Phi) is 10.8. The zero-order valence-corrected chi connectivity index (χ0v) is 19.6. The van der Waals surface area contributed by atoms with Gasteiger partial charge in [0.05, 0.1) is 18.6 Å². The molecule has 2 rings (SSSR count).